The summed E-state index contributed by atoms with van der Waals surface area (Å²) < 4.78 is 21.1. The minimum absolute atomic E-state index is 0.00622. The Morgan fingerprint density at radius 3 is 0.980 bits per heavy atom. The molecule has 2 aliphatic carbocycles. The molecule has 10 heterocycles. The minimum Gasteiger partial charge on any atom is -0.456 e. The maximum atomic E-state index is 8.04. The largest absolute Gasteiger partial charge is 0.456 e. The summed E-state index contributed by atoms with van der Waals surface area (Å²) in [6, 6.07) is 64.6. The molecule has 8 nitrogen and oxygen atoms in total. The SMILES string of the molecule is CC(C)(C)c1ccc(-c2ccc3c(n2)c2nc(-c4ccc(C(C)(C)C)cc4)cc4c2n3-c2c3c5c(c6c2B4c2cc(C4CCCC4)ccc2O6)-n2c4ccc(-c6ccc(C(C)(C)C)cc6)nc4c4nc(-c6ccc(C(C)(C)C)cc6)cc(c42)B5c2cc(C4CCCC4)ccc2O3)cc1. The number of pyridine rings is 4. The van der Waals surface area contributed by atoms with Crippen LogP contribution in [0.3, 0.4) is 0 Å². The third-order valence-corrected chi connectivity index (χ3v) is 23.2. The fourth-order valence-electron chi connectivity index (χ4n) is 17.7. The van der Waals surface area contributed by atoms with Crippen LogP contribution in [0.1, 0.15) is 180 Å². The van der Waals surface area contributed by atoms with Gasteiger partial charge in [0.15, 0.2) is 0 Å². The highest BCUT2D eigenvalue weighted by molar-refractivity contribution is 7.02. The molecular weight excluding hydrogens is 1190 g/mol. The van der Waals surface area contributed by atoms with Crippen molar-refractivity contribution in [1.29, 1.82) is 0 Å². The van der Waals surface area contributed by atoms with Crippen LogP contribution in [0, 0.1) is 0 Å². The molecule has 0 unspecified atom stereocenters. The number of benzene rings is 7. The van der Waals surface area contributed by atoms with Crippen molar-refractivity contribution in [3.8, 4) is 79.4 Å². The molecule has 0 saturated heterocycles. The number of nitrogens with zero attached hydrogens (tertiary/aromatic N) is 6. The summed E-state index contributed by atoms with van der Waals surface area (Å²) in [7, 11) is 0. The third kappa shape index (κ3) is 9.03. The number of fused-ring (bicyclic) bond motifs is 16. The van der Waals surface area contributed by atoms with Gasteiger partial charge < -0.3 is 18.6 Å². The second kappa shape index (κ2) is 21.0. The maximum absolute atomic E-state index is 8.04. The van der Waals surface area contributed by atoms with Gasteiger partial charge in [-0.05, 0) is 163 Å². The van der Waals surface area contributed by atoms with Crippen LogP contribution in [0.2, 0.25) is 0 Å². The summed E-state index contributed by atoms with van der Waals surface area (Å²) >= 11 is 0. The Labute approximate surface area is 576 Å². The van der Waals surface area contributed by atoms with E-state index in [1.54, 1.807) is 0 Å². The molecule has 4 aliphatic heterocycles. The zero-order valence-electron chi connectivity index (χ0n) is 58.6. The second-order valence-corrected chi connectivity index (χ2v) is 33.5. The average molecular weight is 1280 g/mol. The Hall–Kier alpha value is -9.53. The first-order valence-corrected chi connectivity index (χ1v) is 36.1. The minimum atomic E-state index is -0.296. The summed E-state index contributed by atoms with van der Waals surface area (Å²) in [5.74, 6) is 4.36. The van der Waals surface area contributed by atoms with Gasteiger partial charge in [-0.3, -0.25) is 0 Å². The molecule has 0 amide bonds. The van der Waals surface area contributed by atoms with Gasteiger partial charge in [-0.15, -0.1) is 0 Å². The molecule has 6 aliphatic rings. The predicted molar refractivity (Wildman–Crippen MR) is 408 cm³/mol. The fraction of sp³-hybridized carbons (Fsp3) is 0.295. The van der Waals surface area contributed by atoms with Gasteiger partial charge >= 0.3 is 0 Å². The van der Waals surface area contributed by atoms with Crippen molar-refractivity contribution >= 4 is 90.3 Å². The van der Waals surface area contributed by atoms with Crippen molar-refractivity contribution in [1.82, 2.24) is 29.1 Å². The molecule has 0 N–H and O–H groups in total. The molecule has 10 heteroatoms. The molecule has 0 spiro atoms. The monoisotopic (exact) mass is 1280 g/mol. The van der Waals surface area contributed by atoms with Gasteiger partial charge in [0.25, 0.3) is 13.4 Å². The normalized spacial score (nSPS) is 15.7. The molecule has 2 saturated carbocycles. The molecule has 19 rings (SSSR count). The third-order valence-electron chi connectivity index (χ3n) is 23.2. The molecule has 7 aromatic carbocycles. The van der Waals surface area contributed by atoms with Crippen molar-refractivity contribution < 1.29 is 9.47 Å². The van der Waals surface area contributed by atoms with Gasteiger partial charge in [0, 0.05) is 33.2 Å². The van der Waals surface area contributed by atoms with Crippen LogP contribution >= 0.6 is 0 Å². The van der Waals surface area contributed by atoms with Crippen LogP contribution in [0.4, 0.5) is 0 Å². The van der Waals surface area contributed by atoms with E-state index in [0.29, 0.717) is 11.8 Å². The topological polar surface area (TPSA) is 79.9 Å². The van der Waals surface area contributed by atoms with E-state index >= 15 is 0 Å². The fourth-order valence-corrected chi connectivity index (χ4v) is 17.7. The molecule has 6 aromatic heterocycles. The summed E-state index contributed by atoms with van der Waals surface area (Å²) in [5, 5.41) is 0. The van der Waals surface area contributed by atoms with Crippen molar-refractivity contribution in [2.75, 3.05) is 0 Å². The van der Waals surface area contributed by atoms with Gasteiger partial charge in [-0.25, -0.2) is 19.9 Å². The van der Waals surface area contributed by atoms with E-state index in [9.17, 15) is 0 Å². The highest BCUT2D eigenvalue weighted by Gasteiger charge is 2.52. The molecule has 2 fully saturated rings. The Morgan fingerprint density at radius 2 is 0.653 bits per heavy atom. The lowest BCUT2D eigenvalue weighted by molar-refractivity contribution is 0.472. The van der Waals surface area contributed by atoms with Gasteiger partial charge in [0.2, 0.25) is 0 Å². The van der Waals surface area contributed by atoms with E-state index in [2.05, 4.69) is 262 Å². The summed E-state index contributed by atoms with van der Waals surface area (Å²) in [4.78, 5) is 23.4. The average Bonchev–Trinajstić information content (AvgIpc) is 1.41. The highest BCUT2D eigenvalue weighted by Crippen LogP contribution is 2.50. The molecule has 0 bridgehead atoms. The van der Waals surface area contributed by atoms with Gasteiger partial charge in [-0.2, -0.15) is 0 Å². The zero-order valence-corrected chi connectivity index (χ0v) is 58.6. The number of ether oxygens (including phenoxy) is 2. The van der Waals surface area contributed by atoms with Crippen LogP contribution in [-0.4, -0.2) is 42.5 Å². The number of hydrogen-bond donors (Lipinski definition) is 0. The van der Waals surface area contributed by atoms with Crippen LogP contribution in [-0.2, 0) is 21.7 Å². The standard InChI is InChI=1S/C88H82B2N6O2/c1-85(2,3)57-31-21-51(22-32-57)65-39-41-69-75(91-65)77-79-63(47-67(93-77)53-25-35-59(36-26-53)87(7,8)9)89-61-45-55(49-17-13-14-18-49)29-43-71(61)98-84-73(89)81(95(69)79)83-74-82(84)96-70-42-40-66(52-23-33-58(34-24-52)86(4,5)6)92-76(70)78-80(96)64(48-68(94-78)54-27-37-60(38-28-54)88(10,11)12)90(74)62-46-56(30-44-72(62)97-83)50-19-15-16-20-50/h21-50H,13-20H2,1-12H3. The van der Waals surface area contributed by atoms with Crippen molar-refractivity contribution in [2.45, 2.75) is 168 Å². The zero-order chi connectivity index (χ0) is 66.8. The summed E-state index contributed by atoms with van der Waals surface area (Å²) in [6.45, 7) is 26.8. The van der Waals surface area contributed by atoms with E-state index in [1.807, 2.05) is 0 Å². The Morgan fingerprint density at radius 1 is 0.337 bits per heavy atom. The molecular formula is C88H82B2N6O2. The molecule has 482 valence electrons. The molecule has 0 atom stereocenters. The van der Waals surface area contributed by atoms with Crippen molar-refractivity contribution in [3.05, 3.63) is 203 Å². The predicted octanol–water partition coefficient (Wildman–Crippen LogP) is 18.5. The van der Waals surface area contributed by atoms with Gasteiger partial charge in [0.05, 0.1) is 56.2 Å². The van der Waals surface area contributed by atoms with E-state index < -0.39 is 0 Å². The van der Waals surface area contributed by atoms with Crippen LogP contribution in [0.25, 0.3) is 101 Å². The number of hydrogen-bond acceptors (Lipinski definition) is 6. The van der Waals surface area contributed by atoms with E-state index in [1.165, 1.54) is 107 Å². The first-order chi connectivity index (χ1) is 47.1. The number of aromatic nitrogens is 6. The Balaban J connectivity index is 0.954. The Bertz CT molecular complexity index is 5200. The number of rotatable bonds is 6. The summed E-state index contributed by atoms with van der Waals surface area (Å²) in [6.07, 6.45) is 9.70. The van der Waals surface area contributed by atoms with Crippen LogP contribution in [0.15, 0.2) is 170 Å². The van der Waals surface area contributed by atoms with Crippen molar-refractivity contribution in [3.63, 3.8) is 0 Å². The lowest BCUT2D eigenvalue weighted by Crippen LogP contribution is -2.63. The molecule has 98 heavy (non-hydrogen) atoms. The van der Waals surface area contributed by atoms with E-state index in [4.69, 9.17) is 29.4 Å². The van der Waals surface area contributed by atoms with E-state index in [-0.39, 0.29) is 35.1 Å². The molecule has 0 radical (unpaired) electrons. The van der Waals surface area contributed by atoms with Gasteiger partial charge in [0.1, 0.15) is 45.1 Å². The smallest absolute Gasteiger partial charge is 0.256 e. The van der Waals surface area contributed by atoms with Crippen LogP contribution < -0.4 is 42.3 Å². The van der Waals surface area contributed by atoms with E-state index in [0.717, 1.165) is 134 Å². The Kier molecular flexibility index (Phi) is 12.8. The summed E-state index contributed by atoms with van der Waals surface area (Å²) in [5.41, 5.74) is 32.1. The van der Waals surface area contributed by atoms with Crippen LogP contribution in [0.5, 0.6) is 23.0 Å². The van der Waals surface area contributed by atoms with Crippen molar-refractivity contribution in [2.24, 2.45) is 0 Å². The molecule has 13 aromatic rings. The second-order valence-electron chi connectivity index (χ2n) is 33.5. The lowest BCUT2D eigenvalue weighted by Gasteiger charge is -2.41. The maximum Gasteiger partial charge on any atom is 0.256 e. The quantitative estimate of drug-likeness (QED) is 0.154. The van der Waals surface area contributed by atoms with Gasteiger partial charge in [-0.1, -0.05) is 230 Å². The highest BCUT2D eigenvalue weighted by atomic mass is 16.5. The lowest BCUT2D eigenvalue weighted by atomic mass is 9.31. The first kappa shape index (κ1) is 59.7. The first-order valence-electron chi connectivity index (χ1n) is 36.1.